The van der Waals surface area contributed by atoms with Crippen molar-refractivity contribution >= 4 is 10.8 Å². The summed E-state index contributed by atoms with van der Waals surface area (Å²) in [6.07, 6.45) is 5.03. The topological polar surface area (TPSA) is 12.9 Å². The largest absolute Gasteiger partial charge is 0.264 e. The van der Waals surface area contributed by atoms with Gasteiger partial charge in [-0.2, -0.15) is 0 Å². The summed E-state index contributed by atoms with van der Waals surface area (Å²) >= 11 is 0. The van der Waals surface area contributed by atoms with E-state index in [1.807, 2.05) is 12.4 Å². The lowest BCUT2D eigenvalue weighted by Gasteiger charge is -2.09. The average Bonchev–Trinajstić information content (AvgIpc) is 2.27. The highest BCUT2D eigenvalue weighted by Gasteiger charge is 2.05. The Morgan fingerprint density at radius 1 is 1.20 bits per heavy atom. The number of fused-ring (bicyclic) bond motifs is 1. The normalized spacial score (nSPS) is 11.2. The second kappa shape index (κ2) is 4.01. The number of pyridine rings is 1. The van der Waals surface area contributed by atoms with Gasteiger partial charge in [0, 0.05) is 17.8 Å². The molecule has 1 aromatic heterocycles. The Hall–Kier alpha value is -1.37. The first-order valence-electron chi connectivity index (χ1n) is 5.59. The fraction of sp³-hybridized carbons (Fsp3) is 0.357. The lowest BCUT2D eigenvalue weighted by Crippen LogP contribution is -1.91. The molecule has 15 heavy (non-hydrogen) atoms. The summed E-state index contributed by atoms with van der Waals surface area (Å²) in [5, 5.41) is 2.61. The van der Waals surface area contributed by atoms with Crippen LogP contribution in [-0.2, 0) is 6.42 Å². The molecule has 1 heterocycles. The summed E-state index contributed by atoms with van der Waals surface area (Å²) in [5.74, 6) is 0.536. The maximum atomic E-state index is 4.31. The minimum Gasteiger partial charge on any atom is -0.264 e. The summed E-state index contributed by atoms with van der Waals surface area (Å²) < 4.78 is 0. The highest BCUT2D eigenvalue weighted by molar-refractivity contribution is 5.85. The van der Waals surface area contributed by atoms with Crippen molar-refractivity contribution in [3.63, 3.8) is 0 Å². The Kier molecular flexibility index (Phi) is 2.72. The standard InChI is InChI=1S/C14H17N/c1-4-11-5-6-13-12(7-11)8-15-9-14(13)10(2)3/h5-10H,4H2,1-3H3. The molecule has 0 bridgehead atoms. The van der Waals surface area contributed by atoms with Gasteiger partial charge >= 0.3 is 0 Å². The van der Waals surface area contributed by atoms with Crippen LogP contribution in [0.1, 0.15) is 37.8 Å². The third-order valence-corrected chi connectivity index (χ3v) is 2.88. The third kappa shape index (κ3) is 1.87. The second-order valence-corrected chi connectivity index (χ2v) is 4.29. The van der Waals surface area contributed by atoms with Gasteiger partial charge in [-0.1, -0.05) is 32.9 Å². The lowest BCUT2D eigenvalue weighted by molar-refractivity contribution is 0.869. The van der Waals surface area contributed by atoms with Gasteiger partial charge in [0.25, 0.3) is 0 Å². The molecule has 0 spiro atoms. The number of aromatic nitrogens is 1. The first-order valence-corrected chi connectivity index (χ1v) is 5.59. The number of rotatable bonds is 2. The third-order valence-electron chi connectivity index (χ3n) is 2.88. The molecule has 0 atom stereocenters. The van der Waals surface area contributed by atoms with Crippen molar-refractivity contribution < 1.29 is 0 Å². The maximum Gasteiger partial charge on any atom is 0.0346 e. The molecule has 0 unspecified atom stereocenters. The van der Waals surface area contributed by atoms with Crippen LogP contribution in [0.3, 0.4) is 0 Å². The van der Waals surface area contributed by atoms with E-state index in [0.29, 0.717) is 5.92 Å². The van der Waals surface area contributed by atoms with Crippen LogP contribution in [0.4, 0.5) is 0 Å². The molecular formula is C14H17N. The molecule has 0 saturated carbocycles. The average molecular weight is 199 g/mol. The molecule has 0 saturated heterocycles. The molecule has 2 aromatic rings. The van der Waals surface area contributed by atoms with Gasteiger partial charge in [-0.15, -0.1) is 0 Å². The maximum absolute atomic E-state index is 4.31. The smallest absolute Gasteiger partial charge is 0.0346 e. The fourth-order valence-corrected chi connectivity index (χ4v) is 1.93. The van der Waals surface area contributed by atoms with Gasteiger partial charge in [0.1, 0.15) is 0 Å². The zero-order valence-corrected chi connectivity index (χ0v) is 9.62. The van der Waals surface area contributed by atoms with Crippen LogP contribution >= 0.6 is 0 Å². The predicted molar refractivity (Wildman–Crippen MR) is 65.2 cm³/mol. The van der Waals surface area contributed by atoms with Crippen molar-refractivity contribution in [1.82, 2.24) is 4.98 Å². The van der Waals surface area contributed by atoms with E-state index in [4.69, 9.17) is 0 Å². The van der Waals surface area contributed by atoms with E-state index in [2.05, 4.69) is 44.0 Å². The van der Waals surface area contributed by atoms with Crippen molar-refractivity contribution in [2.45, 2.75) is 33.1 Å². The van der Waals surface area contributed by atoms with Gasteiger partial charge in [-0.3, -0.25) is 4.98 Å². The quantitative estimate of drug-likeness (QED) is 0.714. The van der Waals surface area contributed by atoms with Crippen molar-refractivity contribution in [1.29, 1.82) is 0 Å². The van der Waals surface area contributed by atoms with Crippen LogP contribution in [0.25, 0.3) is 10.8 Å². The molecule has 0 amide bonds. The molecule has 1 aromatic carbocycles. The van der Waals surface area contributed by atoms with Crippen LogP contribution < -0.4 is 0 Å². The number of benzene rings is 1. The lowest BCUT2D eigenvalue weighted by atomic mass is 9.97. The zero-order chi connectivity index (χ0) is 10.8. The summed E-state index contributed by atoms with van der Waals surface area (Å²) in [7, 11) is 0. The number of aryl methyl sites for hydroxylation is 1. The Labute approximate surface area is 91.2 Å². The second-order valence-electron chi connectivity index (χ2n) is 4.29. The van der Waals surface area contributed by atoms with E-state index in [1.54, 1.807) is 0 Å². The zero-order valence-electron chi connectivity index (χ0n) is 9.62. The van der Waals surface area contributed by atoms with Gasteiger partial charge < -0.3 is 0 Å². The first kappa shape index (κ1) is 10.2. The monoisotopic (exact) mass is 199 g/mol. The van der Waals surface area contributed by atoms with Crippen molar-refractivity contribution in [2.75, 3.05) is 0 Å². The number of nitrogens with zero attached hydrogens (tertiary/aromatic N) is 1. The van der Waals surface area contributed by atoms with Crippen LogP contribution in [0.2, 0.25) is 0 Å². The van der Waals surface area contributed by atoms with Crippen molar-refractivity contribution in [3.05, 3.63) is 41.7 Å². The molecule has 0 N–H and O–H groups in total. The minimum absolute atomic E-state index is 0.536. The highest BCUT2D eigenvalue weighted by atomic mass is 14.6. The fourth-order valence-electron chi connectivity index (χ4n) is 1.93. The van der Waals surface area contributed by atoms with E-state index >= 15 is 0 Å². The molecule has 0 aliphatic carbocycles. The van der Waals surface area contributed by atoms with Crippen LogP contribution in [0.5, 0.6) is 0 Å². The molecule has 1 nitrogen and oxygen atoms in total. The van der Waals surface area contributed by atoms with Gasteiger partial charge in [0.05, 0.1) is 0 Å². The summed E-state index contributed by atoms with van der Waals surface area (Å²) in [6, 6.07) is 6.69. The minimum atomic E-state index is 0.536. The van der Waals surface area contributed by atoms with E-state index in [9.17, 15) is 0 Å². The molecule has 0 radical (unpaired) electrons. The molecule has 0 aliphatic rings. The van der Waals surface area contributed by atoms with Crippen LogP contribution in [0, 0.1) is 0 Å². The highest BCUT2D eigenvalue weighted by Crippen LogP contribution is 2.24. The number of hydrogen-bond donors (Lipinski definition) is 0. The van der Waals surface area contributed by atoms with Crippen LogP contribution in [0.15, 0.2) is 30.6 Å². The Balaban J connectivity index is 2.67. The Morgan fingerprint density at radius 3 is 2.67 bits per heavy atom. The summed E-state index contributed by atoms with van der Waals surface area (Å²) in [4.78, 5) is 4.31. The molecular weight excluding hydrogens is 182 g/mol. The Morgan fingerprint density at radius 2 is 2.00 bits per heavy atom. The van der Waals surface area contributed by atoms with E-state index in [0.717, 1.165) is 6.42 Å². The predicted octanol–water partition coefficient (Wildman–Crippen LogP) is 3.92. The van der Waals surface area contributed by atoms with Gasteiger partial charge in [0.2, 0.25) is 0 Å². The van der Waals surface area contributed by atoms with Crippen molar-refractivity contribution in [3.8, 4) is 0 Å². The van der Waals surface area contributed by atoms with E-state index < -0.39 is 0 Å². The summed E-state index contributed by atoms with van der Waals surface area (Å²) in [6.45, 7) is 6.61. The molecule has 1 heteroatoms. The van der Waals surface area contributed by atoms with Gasteiger partial charge in [0.15, 0.2) is 0 Å². The molecule has 0 fully saturated rings. The van der Waals surface area contributed by atoms with E-state index in [-0.39, 0.29) is 0 Å². The van der Waals surface area contributed by atoms with Crippen molar-refractivity contribution in [2.24, 2.45) is 0 Å². The summed E-state index contributed by atoms with van der Waals surface area (Å²) in [5.41, 5.74) is 2.72. The van der Waals surface area contributed by atoms with Crippen LogP contribution in [-0.4, -0.2) is 4.98 Å². The molecule has 2 rings (SSSR count). The first-order chi connectivity index (χ1) is 7.22. The number of hydrogen-bond acceptors (Lipinski definition) is 1. The SMILES string of the molecule is CCc1ccc2c(C(C)C)cncc2c1. The van der Waals surface area contributed by atoms with Gasteiger partial charge in [-0.05, 0) is 34.9 Å². The van der Waals surface area contributed by atoms with E-state index in [1.165, 1.54) is 21.9 Å². The molecule has 78 valence electrons. The van der Waals surface area contributed by atoms with Gasteiger partial charge in [-0.25, -0.2) is 0 Å². The molecule has 0 aliphatic heterocycles. The Bertz CT molecular complexity index is 472.